The Morgan fingerprint density at radius 2 is 2.23 bits per heavy atom. The molecule has 13 heavy (non-hydrogen) atoms. The molecule has 0 aromatic rings. The van der Waals surface area contributed by atoms with E-state index in [9.17, 15) is 0 Å². The standard InChI is InChI=1S/C10H21NO2/c1-8(5-6-12)11-10(7-13-2)9-3-4-9/h8-12H,3-7H2,1-2H3. The lowest BCUT2D eigenvalue weighted by molar-refractivity contribution is 0.148. The van der Waals surface area contributed by atoms with Crippen LogP contribution in [0.1, 0.15) is 26.2 Å². The largest absolute Gasteiger partial charge is 0.396 e. The Labute approximate surface area is 80.5 Å². The van der Waals surface area contributed by atoms with E-state index in [-0.39, 0.29) is 6.61 Å². The van der Waals surface area contributed by atoms with Crippen LogP contribution in [0.3, 0.4) is 0 Å². The van der Waals surface area contributed by atoms with Gasteiger partial charge in [0.05, 0.1) is 6.61 Å². The molecular formula is C10H21NO2. The van der Waals surface area contributed by atoms with Crippen LogP contribution in [0, 0.1) is 5.92 Å². The lowest BCUT2D eigenvalue weighted by atomic mass is 10.1. The van der Waals surface area contributed by atoms with E-state index in [1.807, 2.05) is 0 Å². The number of aliphatic hydroxyl groups excluding tert-OH is 1. The summed E-state index contributed by atoms with van der Waals surface area (Å²) in [5.74, 6) is 0.807. The number of rotatable bonds is 7. The Bertz CT molecular complexity index is 137. The van der Waals surface area contributed by atoms with Crippen LogP contribution in [0.15, 0.2) is 0 Å². The Morgan fingerprint density at radius 3 is 2.69 bits per heavy atom. The minimum Gasteiger partial charge on any atom is -0.396 e. The van der Waals surface area contributed by atoms with Crippen LogP contribution in [0.25, 0.3) is 0 Å². The maximum absolute atomic E-state index is 8.76. The molecule has 0 amide bonds. The molecule has 0 spiro atoms. The van der Waals surface area contributed by atoms with Gasteiger partial charge in [-0.15, -0.1) is 0 Å². The summed E-state index contributed by atoms with van der Waals surface area (Å²) in [5.41, 5.74) is 0. The summed E-state index contributed by atoms with van der Waals surface area (Å²) >= 11 is 0. The van der Waals surface area contributed by atoms with Crippen molar-refractivity contribution in [2.75, 3.05) is 20.3 Å². The Hall–Kier alpha value is -0.120. The zero-order chi connectivity index (χ0) is 9.68. The fourth-order valence-corrected chi connectivity index (χ4v) is 1.64. The van der Waals surface area contributed by atoms with Crippen LogP contribution in [-0.2, 0) is 4.74 Å². The number of hydrogen-bond acceptors (Lipinski definition) is 3. The first-order chi connectivity index (χ1) is 6.27. The average Bonchev–Trinajstić information content (AvgIpc) is 2.86. The van der Waals surface area contributed by atoms with E-state index in [2.05, 4.69) is 12.2 Å². The highest BCUT2D eigenvalue weighted by atomic mass is 16.5. The maximum Gasteiger partial charge on any atom is 0.0618 e. The monoisotopic (exact) mass is 187 g/mol. The van der Waals surface area contributed by atoms with Crippen LogP contribution >= 0.6 is 0 Å². The van der Waals surface area contributed by atoms with Gasteiger partial charge in [-0.1, -0.05) is 0 Å². The van der Waals surface area contributed by atoms with Crippen molar-refractivity contribution in [3.8, 4) is 0 Å². The van der Waals surface area contributed by atoms with Gasteiger partial charge in [-0.2, -0.15) is 0 Å². The van der Waals surface area contributed by atoms with Gasteiger partial charge in [-0.05, 0) is 32.1 Å². The Balaban J connectivity index is 2.20. The highest BCUT2D eigenvalue weighted by Crippen LogP contribution is 2.32. The summed E-state index contributed by atoms with van der Waals surface area (Å²) in [6.07, 6.45) is 3.48. The molecule has 2 unspecified atom stereocenters. The molecule has 1 fully saturated rings. The molecule has 1 aliphatic rings. The van der Waals surface area contributed by atoms with Crippen molar-refractivity contribution in [3.63, 3.8) is 0 Å². The minimum absolute atomic E-state index is 0.262. The van der Waals surface area contributed by atoms with Gasteiger partial charge in [-0.3, -0.25) is 0 Å². The lowest BCUT2D eigenvalue weighted by Gasteiger charge is -2.22. The predicted octanol–water partition coefficient (Wildman–Crippen LogP) is 0.772. The molecule has 0 aromatic carbocycles. The van der Waals surface area contributed by atoms with E-state index < -0.39 is 0 Å². The molecule has 3 nitrogen and oxygen atoms in total. The van der Waals surface area contributed by atoms with Gasteiger partial charge in [0.15, 0.2) is 0 Å². The molecule has 0 saturated heterocycles. The fraction of sp³-hybridized carbons (Fsp3) is 1.00. The number of hydrogen-bond donors (Lipinski definition) is 2. The van der Waals surface area contributed by atoms with E-state index in [0.29, 0.717) is 12.1 Å². The molecule has 1 saturated carbocycles. The Kier molecular flexibility index (Phi) is 4.70. The molecule has 2 N–H and O–H groups in total. The molecule has 3 heteroatoms. The number of ether oxygens (including phenoxy) is 1. The second-order valence-electron chi connectivity index (χ2n) is 3.98. The van der Waals surface area contributed by atoms with Crippen LogP contribution < -0.4 is 5.32 Å². The first-order valence-electron chi connectivity index (χ1n) is 5.13. The van der Waals surface area contributed by atoms with Crippen molar-refractivity contribution in [1.82, 2.24) is 5.32 Å². The number of methoxy groups -OCH3 is 1. The van der Waals surface area contributed by atoms with Gasteiger partial charge in [-0.25, -0.2) is 0 Å². The van der Waals surface area contributed by atoms with Crippen molar-refractivity contribution >= 4 is 0 Å². The molecule has 78 valence electrons. The summed E-state index contributed by atoms with van der Waals surface area (Å²) < 4.78 is 5.16. The molecule has 0 aromatic heterocycles. The van der Waals surface area contributed by atoms with Crippen LogP contribution in [0.5, 0.6) is 0 Å². The van der Waals surface area contributed by atoms with E-state index >= 15 is 0 Å². The zero-order valence-corrected chi connectivity index (χ0v) is 8.62. The first kappa shape index (κ1) is 11.0. The van der Waals surface area contributed by atoms with Crippen molar-refractivity contribution in [3.05, 3.63) is 0 Å². The quantitative estimate of drug-likeness (QED) is 0.618. The van der Waals surface area contributed by atoms with Gasteiger partial charge in [0.2, 0.25) is 0 Å². The second kappa shape index (κ2) is 5.58. The van der Waals surface area contributed by atoms with Gasteiger partial charge >= 0.3 is 0 Å². The third kappa shape index (κ3) is 4.07. The van der Waals surface area contributed by atoms with Gasteiger partial charge in [0.25, 0.3) is 0 Å². The molecule has 1 aliphatic carbocycles. The third-order valence-corrected chi connectivity index (χ3v) is 2.60. The van der Waals surface area contributed by atoms with Crippen LogP contribution in [0.2, 0.25) is 0 Å². The molecule has 0 radical (unpaired) electrons. The van der Waals surface area contributed by atoms with E-state index in [4.69, 9.17) is 9.84 Å². The summed E-state index contributed by atoms with van der Waals surface area (Å²) in [5, 5.41) is 12.3. The average molecular weight is 187 g/mol. The normalized spacial score (nSPS) is 21.5. The number of nitrogens with one attached hydrogen (secondary N) is 1. The topological polar surface area (TPSA) is 41.5 Å². The molecule has 0 aliphatic heterocycles. The molecule has 2 atom stereocenters. The predicted molar refractivity (Wildman–Crippen MR) is 52.7 cm³/mol. The first-order valence-corrected chi connectivity index (χ1v) is 5.13. The van der Waals surface area contributed by atoms with Gasteiger partial charge < -0.3 is 15.2 Å². The fourth-order valence-electron chi connectivity index (χ4n) is 1.64. The lowest BCUT2D eigenvalue weighted by Crippen LogP contribution is -2.41. The Morgan fingerprint density at radius 1 is 1.54 bits per heavy atom. The van der Waals surface area contributed by atoms with Crippen molar-refractivity contribution in [2.45, 2.75) is 38.3 Å². The molecular weight excluding hydrogens is 166 g/mol. The van der Waals surface area contributed by atoms with Crippen LogP contribution in [0.4, 0.5) is 0 Å². The molecule has 0 heterocycles. The van der Waals surface area contributed by atoms with Crippen LogP contribution in [-0.4, -0.2) is 37.5 Å². The summed E-state index contributed by atoms with van der Waals surface area (Å²) in [6, 6.07) is 0.886. The zero-order valence-electron chi connectivity index (χ0n) is 8.62. The SMILES string of the molecule is COCC(NC(C)CCO)C1CC1. The van der Waals surface area contributed by atoms with Gasteiger partial charge in [0, 0.05) is 25.8 Å². The molecule has 0 bridgehead atoms. The minimum atomic E-state index is 0.262. The smallest absolute Gasteiger partial charge is 0.0618 e. The van der Waals surface area contributed by atoms with Crippen molar-refractivity contribution < 1.29 is 9.84 Å². The maximum atomic E-state index is 8.76. The van der Waals surface area contributed by atoms with E-state index in [1.54, 1.807) is 7.11 Å². The number of aliphatic hydroxyl groups is 1. The van der Waals surface area contributed by atoms with Crippen molar-refractivity contribution in [2.24, 2.45) is 5.92 Å². The van der Waals surface area contributed by atoms with Crippen molar-refractivity contribution in [1.29, 1.82) is 0 Å². The summed E-state index contributed by atoms with van der Waals surface area (Å²) in [7, 11) is 1.74. The third-order valence-electron chi connectivity index (χ3n) is 2.60. The summed E-state index contributed by atoms with van der Waals surface area (Å²) in [4.78, 5) is 0. The summed E-state index contributed by atoms with van der Waals surface area (Å²) in [6.45, 7) is 3.17. The second-order valence-corrected chi connectivity index (χ2v) is 3.98. The van der Waals surface area contributed by atoms with E-state index in [1.165, 1.54) is 12.8 Å². The highest BCUT2D eigenvalue weighted by Gasteiger charge is 2.31. The van der Waals surface area contributed by atoms with E-state index in [0.717, 1.165) is 18.9 Å². The highest BCUT2D eigenvalue weighted by molar-refractivity contribution is 4.87. The molecule has 1 rings (SSSR count). The van der Waals surface area contributed by atoms with Gasteiger partial charge in [0.1, 0.15) is 0 Å².